The molecule has 2 aromatic rings. The number of fused-ring (bicyclic) bond motifs is 1. The highest BCUT2D eigenvalue weighted by Crippen LogP contribution is 2.36. The third-order valence-corrected chi connectivity index (χ3v) is 5.86. The minimum Gasteiger partial charge on any atom is -0.354 e. The van der Waals surface area contributed by atoms with Gasteiger partial charge in [-0.05, 0) is 37.7 Å². The van der Waals surface area contributed by atoms with Gasteiger partial charge in [0.25, 0.3) is 5.91 Å². The number of hydrogen-bond donors (Lipinski definition) is 3. The van der Waals surface area contributed by atoms with Gasteiger partial charge in [0.05, 0.1) is 6.20 Å². The van der Waals surface area contributed by atoms with Crippen molar-refractivity contribution in [2.75, 3.05) is 5.32 Å². The zero-order valence-electron chi connectivity index (χ0n) is 19.1. The average molecular weight is 428 g/mol. The summed E-state index contributed by atoms with van der Waals surface area (Å²) in [5, 5.41) is 9.91. The summed E-state index contributed by atoms with van der Waals surface area (Å²) in [6.07, 6.45) is 5.05. The van der Waals surface area contributed by atoms with Crippen molar-refractivity contribution in [3.8, 4) is 0 Å². The summed E-state index contributed by atoms with van der Waals surface area (Å²) < 4.78 is 1.69. The average Bonchev–Trinajstić information content (AvgIpc) is 3.27. The molecular weight excluding hydrogens is 394 g/mol. The van der Waals surface area contributed by atoms with Crippen LogP contribution < -0.4 is 10.6 Å². The Morgan fingerprint density at radius 2 is 2.03 bits per heavy atom. The van der Waals surface area contributed by atoms with Gasteiger partial charge in [-0.25, -0.2) is 4.68 Å². The van der Waals surface area contributed by atoms with Gasteiger partial charge in [0.15, 0.2) is 5.78 Å². The minimum atomic E-state index is -0.681. The minimum absolute atomic E-state index is 0.0622. The molecule has 3 rings (SSSR count). The van der Waals surface area contributed by atoms with Gasteiger partial charge in [0.1, 0.15) is 17.6 Å². The number of H-pyrrole nitrogens is 1. The number of unbranched alkanes of at least 4 members (excludes halogenated alkanes) is 1. The van der Waals surface area contributed by atoms with Gasteiger partial charge in [0.2, 0.25) is 5.91 Å². The first kappa shape index (κ1) is 22.8. The normalized spacial score (nSPS) is 16.0. The fourth-order valence-corrected chi connectivity index (χ4v) is 4.27. The number of nitrogens with zero attached hydrogens (tertiary/aromatic N) is 2. The van der Waals surface area contributed by atoms with Gasteiger partial charge in [-0.1, -0.05) is 33.6 Å². The Labute approximate surface area is 183 Å². The molecule has 0 fully saturated rings. The largest absolute Gasteiger partial charge is 0.354 e. The van der Waals surface area contributed by atoms with Crippen LogP contribution in [0.5, 0.6) is 0 Å². The molecule has 2 aromatic heterocycles. The Kier molecular flexibility index (Phi) is 6.67. The molecule has 0 radical (unpaired) electrons. The molecule has 2 amide bonds. The molecule has 1 unspecified atom stereocenters. The molecule has 1 aliphatic rings. The topological polar surface area (TPSA) is 109 Å². The Hall–Kier alpha value is -2.90. The molecule has 8 nitrogen and oxygen atoms in total. The van der Waals surface area contributed by atoms with Gasteiger partial charge in [-0.15, -0.1) is 0 Å². The van der Waals surface area contributed by atoms with E-state index < -0.39 is 6.04 Å². The van der Waals surface area contributed by atoms with Crippen molar-refractivity contribution in [2.24, 2.45) is 5.41 Å². The number of carbonyl (C=O) groups excluding carboxylic acids is 3. The quantitative estimate of drug-likeness (QED) is 0.598. The van der Waals surface area contributed by atoms with Gasteiger partial charge in [-0.2, -0.15) is 5.10 Å². The number of anilines is 1. The Morgan fingerprint density at radius 3 is 2.71 bits per heavy atom. The molecule has 0 aromatic carbocycles. The number of aryl methyl sites for hydroxylation is 1. The number of rotatable bonds is 8. The van der Waals surface area contributed by atoms with E-state index in [0.717, 1.165) is 18.5 Å². The second kappa shape index (κ2) is 9.08. The lowest BCUT2D eigenvalue weighted by Crippen LogP contribution is -2.44. The molecular formula is C23H33N5O3. The highest BCUT2D eigenvalue weighted by molar-refractivity contribution is 6.06. The van der Waals surface area contributed by atoms with E-state index in [0.29, 0.717) is 48.4 Å². The molecule has 0 saturated carbocycles. The van der Waals surface area contributed by atoms with Crippen molar-refractivity contribution in [3.63, 3.8) is 0 Å². The smallest absolute Gasteiger partial charge is 0.268 e. The lowest BCUT2D eigenvalue weighted by atomic mass is 9.75. The van der Waals surface area contributed by atoms with Crippen molar-refractivity contribution in [1.29, 1.82) is 0 Å². The van der Waals surface area contributed by atoms with Crippen LogP contribution >= 0.6 is 0 Å². The van der Waals surface area contributed by atoms with E-state index in [4.69, 9.17) is 0 Å². The fraction of sp³-hybridized carbons (Fsp3) is 0.565. The molecule has 1 atom stereocenters. The molecule has 1 aliphatic carbocycles. The SMILES string of the molecule is CCCCC(NC(=O)c1[nH]c2c(c1C)C(=O)CC(C)(C)C2)C(=O)Nc1ccnn1CC. The molecule has 168 valence electrons. The summed E-state index contributed by atoms with van der Waals surface area (Å²) >= 11 is 0. The molecule has 0 bridgehead atoms. The van der Waals surface area contributed by atoms with Crippen LogP contribution in [-0.2, 0) is 17.8 Å². The van der Waals surface area contributed by atoms with Crippen LogP contribution in [0.15, 0.2) is 12.3 Å². The Bertz CT molecular complexity index is 985. The molecule has 2 heterocycles. The van der Waals surface area contributed by atoms with E-state index in [-0.39, 0.29) is 23.0 Å². The third kappa shape index (κ3) is 4.89. The predicted octanol–water partition coefficient (Wildman–Crippen LogP) is 3.62. The van der Waals surface area contributed by atoms with Crippen molar-refractivity contribution >= 4 is 23.4 Å². The number of amides is 2. The standard InChI is InChI=1S/C23H33N5O3/c1-6-8-9-15(21(30)27-18-10-11-24-28(18)7-2)26-22(31)20-14(3)19-16(25-20)12-23(4,5)13-17(19)29/h10-11,15,25H,6-9,12-13H2,1-5H3,(H,26,31)(H,27,30). The summed E-state index contributed by atoms with van der Waals surface area (Å²) in [7, 11) is 0. The highest BCUT2D eigenvalue weighted by atomic mass is 16.2. The molecule has 3 N–H and O–H groups in total. The maximum absolute atomic E-state index is 13.1. The molecule has 31 heavy (non-hydrogen) atoms. The second-order valence-corrected chi connectivity index (χ2v) is 9.11. The van der Waals surface area contributed by atoms with E-state index in [1.807, 2.05) is 13.8 Å². The number of ketones is 1. The van der Waals surface area contributed by atoms with E-state index in [2.05, 4.69) is 34.6 Å². The fourth-order valence-electron chi connectivity index (χ4n) is 4.27. The highest BCUT2D eigenvalue weighted by Gasteiger charge is 2.35. The first-order chi connectivity index (χ1) is 14.7. The number of nitrogens with one attached hydrogen (secondary N) is 3. The van der Waals surface area contributed by atoms with Crippen LogP contribution in [0.4, 0.5) is 5.82 Å². The molecule has 0 saturated heterocycles. The van der Waals surface area contributed by atoms with Gasteiger partial charge in [-0.3, -0.25) is 14.4 Å². The summed E-state index contributed by atoms with van der Waals surface area (Å²) in [6.45, 7) is 10.5. The van der Waals surface area contributed by atoms with Gasteiger partial charge in [0, 0.05) is 30.3 Å². The van der Waals surface area contributed by atoms with Gasteiger partial charge >= 0.3 is 0 Å². The van der Waals surface area contributed by atoms with Crippen LogP contribution in [0.1, 0.15) is 85.5 Å². The maximum Gasteiger partial charge on any atom is 0.268 e. The zero-order valence-corrected chi connectivity index (χ0v) is 19.1. The van der Waals surface area contributed by atoms with Crippen molar-refractivity contribution in [3.05, 3.63) is 34.8 Å². The number of aromatic amines is 1. The third-order valence-electron chi connectivity index (χ3n) is 5.86. The molecule has 8 heteroatoms. The summed E-state index contributed by atoms with van der Waals surface area (Å²) in [6, 6.07) is 1.05. The Balaban J connectivity index is 1.80. The monoisotopic (exact) mass is 427 g/mol. The Morgan fingerprint density at radius 1 is 1.29 bits per heavy atom. The van der Waals surface area contributed by atoms with Crippen molar-refractivity contribution in [2.45, 2.75) is 79.3 Å². The number of Topliss-reactive ketones (excluding diaryl/α,β-unsaturated/α-hetero) is 1. The van der Waals surface area contributed by atoms with Gasteiger partial charge < -0.3 is 15.6 Å². The first-order valence-corrected chi connectivity index (χ1v) is 11.0. The number of hydrogen-bond acceptors (Lipinski definition) is 4. The van der Waals surface area contributed by atoms with E-state index in [1.54, 1.807) is 23.9 Å². The number of carbonyl (C=O) groups is 3. The first-order valence-electron chi connectivity index (χ1n) is 11.0. The van der Waals surface area contributed by atoms with E-state index in [9.17, 15) is 14.4 Å². The van der Waals surface area contributed by atoms with E-state index >= 15 is 0 Å². The molecule has 0 aliphatic heterocycles. The van der Waals surface area contributed by atoms with Crippen LogP contribution in [0.2, 0.25) is 0 Å². The molecule has 0 spiro atoms. The van der Waals surface area contributed by atoms with Crippen molar-refractivity contribution < 1.29 is 14.4 Å². The van der Waals surface area contributed by atoms with E-state index in [1.165, 1.54) is 0 Å². The van der Waals surface area contributed by atoms with Crippen LogP contribution in [-0.4, -0.2) is 38.4 Å². The summed E-state index contributed by atoms with van der Waals surface area (Å²) in [5.41, 5.74) is 2.33. The number of aromatic nitrogens is 3. The predicted molar refractivity (Wildman–Crippen MR) is 119 cm³/mol. The maximum atomic E-state index is 13.1. The van der Waals surface area contributed by atoms with Crippen LogP contribution in [0.25, 0.3) is 0 Å². The van der Waals surface area contributed by atoms with Crippen LogP contribution in [0, 0.1) is 12.3 Å². The second-order valence-electron chi connectivity index (χ2n) is 9.11. The zero-order chi connectivity index (χ0) is 22.8. The summed E-state index contributed by atoms with van der Waals surface area (Å²) in [4.78, 5) is 41.9. The summed E-state index contributed by atoms with van der Waals surface area (Å²) in [5.74, 6) is 0.0238. The lowest BCUT2D eigenvalue weighted by molar-refractivity contribution is -0.118. The van der Waals surface area contributed by atoms with Crippen LogP contribution in [0.3, 0.4) is 0 Å². The lowest BCUT2D eigenvalue weighted by Gasteiger charge is -2.28. The van der Waals surface area contributed by atoms with Crippen molar-refractivity contribution in [1.82, 2.24) is 20.1 Å².